The highest BCUT2D eigenvalue weighted by atomic mass is 79.9. The number of hydrogen-bond donors (Lipinski definition) is 1. The highest BCUT2D eigenvalue weighted by molar-refractivity contribution is 9.11. The Kier molecular flexibility index (Phi) is 6.67. The lowest BCUT2D eigenvalue weighted by Gasteiger charge is -2.22. The first kappa shape index (κ1) is 20.8. The Hall–Kier alpha value is -0.880. The van der Waals surface area contributed by atoms with E-state index in [1.165, 1.54) is 15.6 Å². The van der Waals surface area contributed by atoms with E-state index in [1.54, 1.807) is 12.1 Å². The molecule has 1 aliphatic heterocycles. The number of amides is 1. The zero-order valence-electron chi connectivity index (χ0n) is 15.0. The van der Waals surface area contributed by atoms with Crippen molar-refractivity contribution in [1.29, 1.82) is 0 Å². The van der Waals surface area contributed by atoms with Gasteiger partial charge in [0.2, 0.25) is 11.0 Å². The van der Waals surface area contributed by atoms with Gasteiger partial charge in [-0.15, -0.1) is 21.5 Å². The molecule has 11 heteroatoms. The van der Waals surface area contributed by atoms with E-state index < -0.39 is 16.1 Å². The van der Waals surface area contributed by atoms with Crippen molar-refractivity contribution in [3.05, 3.63) is 20.9 Å². The van der Waals surface area contributed by atoms with Crippen LogP contribution in [0.5, 0.6) is 0 Å². The first-order chi connectivity index (χ1) is 12.9. The minimum Gasteiger partial charge on any atom is -0.299 e. The molecule has 1 aliphatic rings. The smallest absolute Gasteiger partial charge is 0.253 e. The normalized spacial score (nSPS) is 18.3. The summed E-state index contributed by atoms with van der Waals surface area (Å²) in [7, 11) is -3.69. The molecule has 2 aromatic heterocycles. The molecule has 3 rings (SSSR count). The molecule has 0 saturated carbocycles. The molecule has 1 N–H and O–H groups in total. The van der Waals surface area contributed by atoms with Crippen molar-refractivity contribution >= 4 is 59.7 Å². The molecule has 0 bridgehead atoms. The molecular weight excluding hydrogens is 472 g/mol. The Morgan fingerprint density at radius 1 is 1.33 bits per heavy atom. The van der Waals surface area contributed by atoms with Crippen molar-refractivity contribution in [3.8, 4) is 0 Å². The summed E-state index contributed by atoms with van der Waals surface area (Å²) in [6.45, 7) is 4.53. The lowest BCUT2D eigenvalue weighted by Crippen LogP contribution is -2.42. The summed E-state index contributed by atoms with van der Waals surface area (Å²) in [5.74, 6) is -0.0206. The van der Waals surface area contributed by atoms with Gasteiger partial charge in [-0.2, -0.15) is 4.31 Å². The van der Waals surface area contributed by atoms with Gasteiger partial charge >= 0.3 is 0 Å². The molecule has 1 unspecified atom stereocenters. The summed E-state index contributed by atoms with van der Waals surface area (Å²) in [5.41, 5.74) is 0. The Labute approximate surface area is 175 Å². The van der Waals surface area contributed by atoms with Gasteiger partial charge in [0.15, 0.2) is 0 Å². The van der Waals surface area contributed by atoms with Gasteiger partial charge in [-0.25, -0.2) is 8.42 Å². The second-order valence-corrected chi connectivity index (χ2v) is 11.9. The quantitative estimate of drug-likeness (QED) is 0.628. The number of aromatic nitrogens is 2. The van der Waals surface area contributed by atoms with Gasteiger partial charge in [-0.1, -0.05) is 25.2 Å². The minimum absolute atomic E-state index is 0.237. The van der Waals surface area contributed by atoms with E-state index in [0.29, 0.717) is 30.4 Å². The SMILES string of the molecule is CCC(CC)c1nnc(NC(=O)C2CCCN2S(=O)(=O)c2ccc(Br)s2)s1. The molecule has 1 fully saturated rings. The number of hydrogen-bond acceptors (Lipinski definition) is 7. The van der Waals surface area contributed by atoms with Crippen molar-refractivity contribution in [1.82, 2.24) is 14.5 Å². The van der Waals surface area contributed by atoms with Crippen LogP contribution in [0.3, 0.4) is 0 Å². The third-order valence-corrected chi connectivity index (χ3v) is 9.62. The third kappa shape index (κ3) is 4.42. The first-order valence-electron chi connectivity index (χ1n) is 8.78. The van der Waals surface area contributed by atoms with Crippen LogP contribution in [-0.4, -0.2) is 41.4 Å². The average Bonchev–Trinajstić information content (AvgIpc) is 3.36. The maximum atomic E-state index is 12.9. The number of nitrogens with one attached hydrogen (secondary N) is 1. The van der Waals surface area contributed by atoms with Crippen LogP contribution >= 0.6 is 38.6 Å². The van der Waals surface area contributed by atoms with Crippen molar-refractivity contribution in [3.63, 3.8) is 0 Å². The molecule has 7 nitrogen and oxygen atoms in total. The van der Waals surface area contributed by atoms with Crippen molar-refractivity contribution in [2.45, 2.75) is 55.7 Å². The Balaban J connectivity index is 1.74. The predicted molar refractivity (Wildman–Crippen MR) is 111 cm³/mol. The van der Waals surface area contributed by atoms with Crippen molar-refractivity contribution < 1.29 is 13.2 Å². The fourth-order valence-corrected chi connectivity index (χ4v) is 7.93. The standard InChI is InChI=1S/C16H21BrN4O3S3/c1-3-10(4-2)15-19-20-16(26-15)18-14(22)11-6-5-9-21(11)27(23,24)13-8-7-12(17)25-13/h7-8,10-11H,3-6,9H2,1-2H3,(H,18,20,22). The van der Waals surface area contributed by atoms with Gasteiger partial charge in [-0.3, -0.25) is 10.1 Å². The lowest BCUT2D eigenvalue weighted by atomic mass is 10.1. The highest BCUT2D eigenvalue weighted by Gasteiger charge is 2.40. The van der Waals surface area contributed by atoms with Gasteiger partial charge in [0.25, 0.3) is 10.0 Å². The third-order valence-electron chi connectivity index (χ3n) is 4.62. The molecule has 27 heavy (non-hydrogen) atoms. The fraction of sp³-hybridized carbons (Fsp3) is 0.562. The van der Waals surface area contributed by atoms with E-state index in [2.05, 4.69) is 45.3 Å². The number of carbonyl (C=O) groups excluding carboxylic acids is 1. The summed E-state index contributed by atoms with van der Waals surface area (Å²) < 4.78 is 28.1. The van der Waals surface area contributed by atoms with Crippen LogP contribution < -0.4 is 5.32 Å². The zero-order valence-corrected chi connectivity index (χ0v) is 19.0. The second-order valence-electron chi connectivity index (χ2n) is 6.28. The molecule has 0 aromatic carbocycles. The molecule has 1 saturated heterocycles. The minimum atomic E-state index is -3.69. The van der Waals surface area contributed by atoms with Crippen molar-refractivity contribution in [2.24, 2.45) is 0 Å². The lowest BCUT2D eigenvalue weighted by molar-refractivity contribution is -0.119. The number of thiophene rings is 1. The van der Waals surface area contributed by atoms with Gasteiger partial charge in [0.1, 0.15) is 15.3 Å². The number of carbonyl (C=O) groups is 1. The van der Waals surface area contributed by atoms with Gasteiger partial charge < -0.3 is 0 Å². The zero-order chi connectivity index (χ0) is 19.6. The van der Waals surface area contributed by atoms with Crippen LogP contribution in [0, 0.1) is 0 Å². The van der Waals surface area contributed by atoms with Crippen molar-refractivity contribution in [2.75, 3.05) is 11.9 Å². The largest absolute Gasteiger partial charge is 0.299 e. The number of rotatable bonds is 7. The monoisotopic (exact) mass is 492 g/mol. The van der Waals surface area contributed by atoms with Crippen LogP contribution in [0.1, 0.15) is 50.5 Å². The summed E-state index contributed by atoms with van der Waals surface area (Å²) in [6.07, 6.45) is 3.07. The Bertz CT molecular complexity index is 908. The maximum Gasteiger partial charge on any atom is 0.253 e. The molecule has 2 aromatic rings. The summed E-state index contributed by atoms with van der Waals surface area (Å²) in [4.78, 5) is 12.7. The number of sulfonamides is 1. The van der Waals surface area contributed by atoms with Crippen LogP contribution in [0.2, 0.25) is 0 Å². The Morgan fingerprint density at radius 2 is 2.07 bits per heavy atom. The summed E-state index contributed by atoms with van der Waals surface area (Å²) in [6, 6.07) is 2.53. The summed E-state index contributed by atoms with van der Waals surface area (Å²) in [5, 5.41) is 12.3. The predicted octanol–water partition coefficient (Wildman–Crippen LogP) is 4.06. The van der Waals surface area contributed by atoms with Gasteiger partial charge in [0, 0.05) is 12.5 Å². The van der Waals surface area contributed by atoms with E-state index in [4.69, 9.17) is 0 Å². The van der Waals surface area contributed by atoms with E-state index >= 15 is 0 Å². The van der Waals surface area contributed by atoms with Gasteiger partial charge in [0.05, 0.1) is 3.79 Å². The highest BCUT2D eigenvalue weighted by Crippen LogP contribution is 2.33. The fourth-order valence-electron chi connectivity index (χ4n) is 3.12. The summed E-state index contributed by atoms with van der Waals surface area (Å²) >= 11 is 5.79. The molecule has 0 aliphatic carbocycles. The van der Waals surface area contributed by atoms with Crippen LogP contribution in [0.15, 0.2) is 20.1 Å². The number of halogens is 1. The van der Waals surface area contributed by atoms with E-state index in [9.17, 15) is 13.2 Å². The molecular formula is C16H21BrN4O3S3. The number of anilines is 1. The van der Waals surface area contributed by atoms with Crippen LogP contribution in [0.4, 0.5) is 5.13 Å². The van der Waals surface area contributed by atoms with Crippen LogP contribution in [-0.2, 0) is 14.8 Å². The average molecular weight is 493 g/mol. The topological polar surface area (TPSA) is 92.3 Å². The number of nitrogens with zero attached hydrogens (tertiary/aromatic N) is 3. The second kappa shape index (κ2) is 8.64. The van der Waals surface area contributed by atoms with Gasteiger partial charge in [-0.05, 0) is 53.7 Å². The first-order valence-corrected chi connectivity index (χ1v) is 12.6. The van der Waals surface area contributed by atoms with E-state index in [1.807, 2.05) is 0 Å². The Morgan fingerprint density at radius 3 is 2.70 bits per heavy atom. The molecule has 1 atom stereocenters. The maximum absolute atomic E-state index is 12.9. The molecule has 148 valence electrons. The van der Waals surface area contributed by atoms with E-state index in [0.717, 1.165) is 33.0 Å². The molecule has 0 radical (unpaired) electrons. The molecule has 1 amide bonds. The van der Waals surface area contributed by atoms with E-state index in [-0.39, 0.29) is 10.1 Å². The molecule has 0 spiro atoms. The molecule has 3 heterocycles. The van der Waals surface area contributed by atoms with Crippen LogP contribution in [0.25, 0.3) is 0 Å².